The average molecular weight is 554 g/mol. The molecular weight excluding hydrogens is 514 g/mol. The smallest absolute Gasteiger partial charge is 0.245 e. The number of fused-ring (bicyclic) bond motifs is 4. The van der Waals surface area contributed by atoms with E-state index < -0.39 is 0 Å². The van der Waals surface area contributed by atoms with Crippen LogP contribution >= 0.6 is 0 Å². The Kier molecular flexibility index (Phi) is 7.16. The van der Waals surface area contributed by atoms with Crippen LogP contribution in [0.25, 0.3) is 43.9 Å². The van der Waals surface area contributed by atoms with E-state index >= 15 is 0 Å². The highest BCUT2D eigenvalue weighted by atomic mass is 15.1. The van der Waals surface area contributed by atoms with Gasteiger partial charge in [0.1, 0.15) is 13.1 Å². The normalized spacial score (nSPS) is 11.9. The van der Waals surface area contributed by atoms with E-state index in [1.807, 2.05) is 0 Å². The molecule has 5 heteroatoms. The van der Waals surface area contributed by atoms with Gasteiger partial charge in [0.2, 0.25) is 12.7 Å². The molecule has 42 heavy (non-hydrogen) atoms. The van der Waals surface area contributed by atoms with Crippen molar-refractivity contribution in [2.24, 2.45) is 0 Å². The lowest BCUT2D eigenvalue weighted by molar-refractivity contribution is -0.663. The highest BCUT2D eigenvalue weighted by molar-refractivity contribution is 5.95. The van der Waals surface area contributed by atoms with Crippen molar-refractivity contribution in [3.05, 3.63) is 115 Å². The summed E-state index contributed by atoms with van der Waals surface area (Å²) in [5, 5.41) is 2.38. The Morgan fingerprint density at radius 2 is 1.05 bits per heavy atom. The summed E-state index contributed by atoms with van der Waals surface area (Å²) in [6.07, 6.45) is 9.31. The van der Waals surface area contributed by atoms with Gasteiger partial charge in [0.25, 0.3) is 0 Å². The largest absolute Gasteiger partial charge is 0.247 e. The van der Waals surface area contributed by atoms with Crippen molar-refractivity contribution in [3.8, 4) is 0 Å². The molecule has 5 nitrogen and oxygen atoms in total. The molecule has 0 N–H and O–H groups in total. The van der Waals surface area contributed by atoms with E-state index in [-0.39, 0.29) is 0 Å². The van der Waals surface area contributed by atoms with Gasteiger partial charge >= 0.3 is 0 Å². The fourth-order valence-electron chi connectivity index (χ4n) is 6.38. The Balaban J connectivity index is 1.30. The zero-order valence-corrected chi connectivity index (χ0v) is 24.7. The summed E-state index contributed by atoms with van der Waals surface area (Å²) in [6.45, 7) is 8.16. The summed E-state index contributed by atoms with van der Waals surface area (Å²) in [5.41, 5.74) is 9.79. The Hall–Kier alpha value is -4.51. The second-order valence-electron chi connectivity index (χ2n) is 11.5. The van der Waals surface area contributed by atoms with Gasteiger partial charge in [0.05, 0.1) is 24.1 Å². The molecule has 0 atom stereocenters. The Labute approximate surface area is 247 Å². The van der Waals surface area contributed by atoms with Gasteiger partial charge in [0, 0.05) is 21.9 Å². The van der Waals surface area contributed by atoms with Gasteiger partial charge in [-0.3, -0.25) is 0 Å². The molecule has 0 radical (unpaired) electrons. The Morgan fingerprint density at radius 3 is 1.52 bits per heavy atom. The number of aryl methyl sites for hydroxylation is 2. The van der Waals surface area contributed by atoms with E-state index in [4.69, 9.17) is 4.98 Å². The molecule has 0 bridgehead atoms. The first kappa shape index (κ1) is 26.4. The molecule has 3 heterocycles. The lowest BCUT2D eigenvalue weighted by Crippen LogP contribution is -2.33. The average Bonchev–Trinajstić information content (AvgIpc) is 3.56. The predicted octanol–water partition coefficient (Wildman–Crippen LogP) is 7.57. The fourth-order valence-corrected chi connectivity index (χ4v) is 6.38. The molecule has 0 spiro atoms. The van der Waals surface area contributed by atoms with Crippen molar-refractivity contribution >= 4 is 43.9 Å². The first-order valence-corrected chi connectivity index (χ1v) is 15.5. The standard InChI is InChI=1S/C37H39N5/c1-3-5-21-39-26-41(34-19-9-7-17-32(34)39)24-30-15-11-13-28-23-29-14-12-16-31(37(29)38-36(28)30)25-42-27-40(22-6-4-2)33-18-8-10-20-35(33)42/h7-20,23,26-27H,3-6,21-22,24-25H2,1-2H3/q+2. The van der Waals surface area contributed by atoms with E-state index in [1.165, 1.54) is 69.6 Å². The van der Waals surface area contributed by atoms with E-state index in [9.17, 15) is 0 Å². The number of aromatic nitrogens is 5. The van der Waals surface area contributed by atoms with Crippen LogP contribution in [0.5, 0.6) is 0 Å². The van der Waals surface area contributed by atoms with E-state index in [2.05, 4.69) is 136 Å². The third kappa shape index (κ3) is 4.83. The van der Waals surface area contributed by atoms with Gasteiger partial charge < -0.3 is 0 Å². The minimum Gasteiger partial charge on any atom is -0.247 e. The summed E-state index contributed by atoms with van der Waals surface area (Å²) < 4.78 is 9.58. The minimum atomic E-state index is 0.789. The number of rotatable bonds is 10. The van der Waals surface area contributed by atoms with Crippen LogP contribution in [0.1, 0.15) is 50.7 Å². The quantitative estimate of drug-likeness (QED) is 0.127. The molecule has 0 amide bonds. The van der Waals surface area contributed by atoms with Crippen molar-refractivity contribution < 1.29 is 9.13 Å². The molecule has 0 unspecified atom stereocenters. The van der Waals surface area contributed by atoms with Crippen LogP contribution in [0.4, 0.5) is 0 Å². The zero-order chi connectivity index (χ0) is 28.5. The summed E-state index contributed by atoms with van der Waals surface area (Å²) >= 11 is 0. The van der Waals surface area contributed by atoms with E-state index in [0.29, 0.717) is 0 Å². The van der Waals surface area contributed by atoms with Crippen molar-refractivity contribution in [1.82, 2.24) is 14.1 Å². The fraction of sp³-hybridized carbons (Fsp3) is 0.270. The van der Waals surface area contributed by atoms with Gasteiger partial charge in [-0.15, -0.1) is 0 Å². The zero-order valence-electron chi connectivity index (χ0n) is 24.7. The van der Waals surface area contributed by atoms with Crippen molar-refractivity contribution in [2.45, 2.75) is 65.7 Å². The third-order valence-electron chi connectivity index (χ3n) is 8.58. The number of pyridine rings is 1. The topological polar surface area (TPSA) is 30.5 Å². The van der Waals surface area contributed by atoms with Crippen LogP contribution in [0.2, 0.25) is 0 Å². The van der Waals surface area contributed by atoms with Gasteiger partial charge in [-0.05, 0) is 43.2 Å². The van der Waals surface area contributed by atoms with Crippen LogP contribution in [-0.2, 0) is 26.2 Å². The van der Waals surface area contributed by atoms with Gasteiger partial charge in [-0.2, -0.15) is 0 Å². The van der Waals surface area contributed by atoms with Crippen LogP contribution in [-0.4, -0.2) is 14.1 Å². The van der Waals surface area contributed by atoms with E-state index in [1.54, 1.807) is 0 Å². The maximum absolute atomic E-state index is 5.40. The molecule has 0 aliphatic heterocycles. The molecule has 0 fully saturated rings. The summed E-state index contributed by atoms with van der Waals surface area (Å²) in [4.78, 5) is 5.40. The number of nitrogens with zero attached hydrogens (tertiary/aromatic N) is 5. The number of imidazole rings is 2. The molecule has 0 aliphatic rings. The first-order chi connectivity index (χ1) is 20.7. The Bertz CT molecular complexity index is 1890. The summed E-state index contributed by atoms with van der Waals surface area (Å²) in [6, 6.07) is 33.0. The lowest BCUT2D eigenvalue weighted by atomic mass is 10.0. The highest BCUT2D eigenvalue weighted by Gasteiger charge is 2.19. The summed E-state index contributed by atoms with van der Waals surface area (Å²) in [7, 11) is 0. The molecule has 3 aromatic heterocycles. The molecule has 7 aromatic rings. The van der Waals surface area contributed by atoms with Crippen molar-refractivity contribution in [2.75, 3.05) is 0 Å². The molecule has 0 saturated carbocycles. The molecule has 7 rings (SSSR count). The SMILES string of the molecule is CCCCn1c[n+](Cc2cccc3cc4cccc(C[n+]5cn(CCCC)c6ccccc65)c4nc23)c2ccccc21. The van der Waals surface area contributed by atoms with Crippen LogP contribution in [0, 0.1) is 0 Å². The number of unbranched alkanes of at least 4 members (excludes halogenated alkanes) is 2. The second-order valence-corrected chi connectivity index (χ2v) is 11.5. The minimum absolute atomic E-state index is 0.789. The third-order valence-corrected chi connectivity index (χ3v) is 8.58. The van der Waals surface area contributed by atoms with Gasteiger partial charge in [-0.1, -0.05) is 87.4 Å². The first-order valence-electron chi connectivity index (χ1n) is 15.5. The van der Waals surface area contributed by atoms with Crippen molar-refractivity contribution in [3.63, 3.8) is 0 Å². The molecular formula is C37H39N5+2. The number of hydrogen-bond donors (Lipinski definition) is 0. The maximum atomic E-state index is 5.40. The maximum Gasteiger partial charge on any atom is 0.245 e. The molecule has 0 saturated heterocycles. The highest BCUT2D eigenvalue weighted by Crippen LogP contribution is 2.26. The van der Waals surface area contributed by atoms with Crippen LogP contribution < -0.4 is 9.13 Å². The Morgan fingerprint density at radius 1 is 0.571 bits per heavy atom. The molecule has 0 aliphatic carbocycles. The second kappa shape index (κ2) is 11.4. The monoisotopic (exact) mass is 553 g/mol. The number of benzene rings is 4. The molecule has 210 valence electrons. The van der Waals surface area contributed by atoms with Gasteiger partial charge in [0.15, 0.2) is 22.1 Å². The number of hydrogen-bond acceptors (Lipinski definition) is 1. The van der Waals surface area contributed by atoms with Gasteiger partial charge in [-0.25, -0.2) is 23.3 Å². The van der Waals surface area contributed by atoms with Crippen LogP contribution in [0.3, 0.4) is 0 Å². The summed E-state index contributed by atoms with van der Waals surface area (Å²) in [5.74, 6) is 0. The predicted molar refractivity (Wildman–Crippen MR) is 172 cm³/mol. The van der Waals surface area contributed by atoms with Crippen molar-refractivity contribution in [1.29, 1.82) is 0 Å². The lowest BCUT2D eigenvalue weighted by Gasteiger charge is -2.09. The van der Waals surface area contributed by atoms with E-state index in [0.717, 1.165) is 37.2 Å². The number of para-hydroxylation sites is 6. The molecule has 4 aromatic carbocycles. The van der Waals surface area contributed by atoms with Crippen LogP contribution in [0.15, 0.2) is 104 Å².